The van der Waals surface area contributed by atoms with Crippen LogP contribution in [-0.2, 0) is 6.54 Å². The van der Waals surface area contributed by atoms with Gasteiger partial charge < -0.3 is 15.8 Å². The van der Waals surface area contributed by atoms with Crippen molar-refractivity contribution in [3.63, 3.8) is 0 Å². The van der Waals surface area contributed by atoms with Crippen LogP contribution in [0.4, 0.5) is 4.39 Å². The molecule has 0 amide bonds. The maximum Gasteiger partial charge on any atom is 0.224 e. The zero-order valence-electron chi connectivity index (χ0n) is 12.4. The Kier molecular flexibility index (Phi) is 6.14. The first-order valence-electron chi connectivity index (χ1n) is 7.14. The molecule has 0 bridgehead atoms. The van der Waals surface area contributed by atoms with Gasteiger partial charge in [-0.25, -0.2) is 14.4 Å². The average Bonchev–Trinajstić information content (AvgIpc) is 3.30. The molecule has 0 unspecified atom stereocenters. The van der Waals surface area contributed by atoms with Gasteiger partial charge in [-0.15, -0.1) is 24.0 Å². The molecule has 1 saturated carbocycles. The number of pyridine rings is 1. The molecule has 0 atom stereocenters. The van der Waals surface area contributed by atoms with Crippen LogP contribution in [0.25, 0.3) is 0 Å². The third-order valence-electron chi connectivity index (χ3n) is 3.21. The molecule has 122 valence electrons. The summed E-state index contributed by atoms with van der Waals surface area (Å²) in [5.41, 5.74) is 6.60. The summed E-state index contributed by atoms with van der Waals surface area (Å²) in [6.07, 6.45) is 3.89. The van der Waals surface area contributed by atoms with Crippen molar-refractivity contribution >= 4 is 29.9 Å². The smallest absolute Gasteiger partial charge is 0.224 e. The molecule has 0 spiro atoms. The topological polar surface area (TPSA) is 72.5 Å². The predicted molar refractivity (Wildman–Crippen MR) is 97.6 cm³/mol. The Morgan fingerprint density at radius 1 is 1.35 bits per heavy atom. The molecule has 1 aromatic heterocycles. The fourth-order valence-electron chi connectivity index (χ4n) is 1.93. The van der Waals surface area contributed by atoms with E-state index in [2.05, 4.69) is 15.3 Å². The molecular formula is C16H18FIN4O. The SMILES string of the molecule is I.NC(=NCc1cccnc1Oc1cccc(F)c1)NC1CC1. The van der Waals surface area contributed by atoms with Crippen LogP contribution in [-0.4, -0.2) is 17.0 Å². The molecule has 1 heterocycles. The summed E-state index contributed by atoms with van der Waals surface area (Å²) in [5.74, 6) is 0.859. The second-order valence-electron chi connectivity index (χ2n) is 5.15. The highest BCUT2D eigenvalue weighted by Crippen LogP contribution is 2.24. The van der Waals surface area contributed by atoms with E-state index in [1.54, 1.807) is 24.4 Å². The normalized spacial score (nSPS) is 14.0. The van der Waals surface area contributed by atoms with Crippen LogP contribution >= 0.6 is 24.0 Å². The van der Waals surface area contributed by atoms with Gasteiger partial charge in [0.1, 0.15) is 11.6 Å². The van der Waals surface area contributed by atoms with E-state index in [1.807, 2.05) is 6.07 Å². The number of guanidine groups is 1. The maximum absolute atomic E-state index is 13.2. The molecule has 7 heteroatoms. The van der Waals surface area contributed by atoms with Crippen LogP contribution in [0.1, 0.15) is 18.4 Å². The summed E-state index contributed by atoms with van der Waals surface area (Å²) in [6, 6.07) is 10.0. The molecule has 5 nitrogen and oxygen atoms in total. The third kappa shape index (κ3) is 5.34. The Morgan fingerprint density at radius 3 is 2.91 bits per heavy atom. The molecule has 1 aromatic carbocycles. The minimum absolute atomic E-state index is 0. The highest BCUT2D eigenvalue weighted by molar-refractivity contribution is 14.0. The fourth-order valence-corrected chi connectivity index (χ4v) is 1.93. The number of nitrogens with one attached hydrogen (secondary N) is 1. The van der Waals surface area contributed by atoms with Crippen molar-refractivity contribution < 1.29 is 9.13 Å². The highest BCUT2D eigenvalue weighted by Gasteiger charge is 2.21. The van der Waals surface area contributed by atoms with Crippen LogP contribution in [0.2, 0.25) is 0 Å². The number of ether oxygens (including phenoxy) is 1. The van der Waals surface area contributed by atoms with E-state index >= 15 is 0 Å². The van der Waals surface area contributed by atoms with Crippen molar-refractivity contribution in [2.75, 3.05) is 0 Å². The molecule has 23 heavy (non-hydrogen) atoms. The number of hydrogen-bond acceptors (Lipinski definition) is 3. The molecule has 3 N–H and O–H groups in total. The molecule has 1 aliphatic rings. The second-order valence-corrected chi connectivity index (χ2v) is 5.15. The van der Waals surface area contributed by atoms with Gasteiger partial charge in [0, 0.05) is 23.9 Å². The van der Waals surface area contributed by atoms with Crippen molar-refractivity contribution in [3.05, 3.63) is 54.0 Å². The van der Waals surface area contributed by atoms with Crippen LogP contribution in [0.15, 0.2) is 47.6 Å². The minimum atomic E-state index is -0.356. The van der Waals surface area contributed by atoms with Crippen molar-refractivity contribution in [3.8, 4) is 11.6 Å². The third-order valence-corrected chi connectivity index (χ3v) is 3.21. The first-order chi connectivity index (χ1) is 10.7. The number of aromatic nitrogens is 1. The Labute approximate surface area is 151 Å². The van der Waals surface area contributed by atoms with E-state index in [-0.39, 0.29) is 29.8 Å². The molecule has 0 radical (unpaired) electrons. The van der Waals surface area contributed by atoms with E-state index in [0.717, 1.165) is 18.4 Å². The summed E-state index contributed by atoms with van der Waals surface area (Å²) in [6.45, 7) is 0.351. The van der Waals surface area contributed by atoms with E-state index in [4.69, 9.17) is 10.5 Å². The zero-order valence-corrected chi connectivity index (χ0v) is 14.7. The molecule has 1 fully saturated rings. The van der Waals surface area contributed by atoms with E-state index in [1.165, 1.54) is 12.1 Å². The summed E-state index contributed by atoms with van der Waals surface area (Å²) in [5, 5.41) is 3.12. The zero-order chi connectivity index (χ0) is 15.4. The van der Waals surface area contributed by atoms with Crippen molar-refractivity contribution in [1.29, 1.82) is 0 Å². The Bertz CT molecular complexity index is 691. The molecular weight excluding hydrogens is 410 g/mol. The van der Waals surface area contributed by atoms with Gasteiger partial charge in [-0.3, -0.25) is 0 Å². The van der Waals surface area contributed by atoms with E-state index in [0.29, 0.717) is 30.2 Å². The van der Waals surface area contributed by atoms with Crippen LogP contribution < -0.4 is 15.8 Å². The monoisotopic (exact) mass is 428 g/mol. The van der Waals surface area contributed by atoms with Crippen molar-refractivity contribution in [2.45, 2.75) is 25.4 Å². The van der Waals surface area contributed by atoms with E-state index < -0.39 is 0 Å². The first-order valence-corrected chi connectivity index (χ1v) is 7.14. The quantitative estimate of drug-likeness (QED) is 0.436. The molecule has 3 rings (SSSR count). The molecule has 2 aromatic rings. The number of aliphatic imine (C=N–C) groups is 1. The number of halogens is 2. The van der Waals surface area contributed by atoms with Crippen molar-refractivity contribution in [1.82, 2.24) is 10.3 Å². The van der Waals surface area contributed by atoms with Gasteiger partial charge in [-0.2, -0.15) is 0 Å². The lowest BCUT2D eigenvalue weighted by Gasteiger charge is -2.09. The van der Waals surface area contributed by atoms with Gasteiger partial charge >= 0.3 is 0 Å². The Morgan fingerprint density at radius 2 is 2.17 bits per heavy atom. The number of benzene rings is 1. The number of nitrogens with two attached hydrogens (primary N) is 1. The second kappa shape index (κ2) is 8.09. The lowest BCUT2D eigenvalue weighted by molar-refractivity contribution is 0.452. The van der Waals surface area contributed by atoms with Crippen LogP contribution in [0.5, 0.6) is 11.6 Å². The summed E-state index contributed by atoms with van der Waals surface area (Å²) in [7, 11) is 0. The lowest BCUT2D eigenvalue weighted by Crippen LogP contribution is -2.33. The van der Waals surface area contributed by atoms with Gasteiger partial charge in [0.25, 0.3) is 0 Å². The fraction of sp³-hybridized carbons (Fsp3) is 0.250. The number of hydrogen-bond donors (Lipinski definition) is 2. The summed E-state index contributed by atoms with van der Waals surface area (Å²) >= 11 is 0. The average molecular weight is 428 g/mol. The standard InChI is InChI=1S/C16H17FN4O.HI/c17-12-4-1-5-14(9-12)22-15-11(3-2-8-19-15)10-20-16(18)21-13-6-7-13;/h1-5,8-9,13H,6-7,10H2,(H3,18,20,21);1H. The summed E-state index contributed by atoms with van der Waals surface area (Å²) in [4.78, 5) is 8.46. The van der Waals surface area contributed by atoms with E-state index in [9.17, 15) is 4.39 Å². The van der Waals surface area contributed by atoms with Gasteiger partial charge in [0.05, 0.1) is 6.54 Å². The van der Waals surface area contributed by atoms with Crippen molar-refractivity contribution in [2.24, 2.45) is 10.7 Å². The van der Waals surface area contributed by atoms with Gasteiger partial charge in [-0.1, -0.05) is 12.1 Å². The molecule has 0 saturated heterocycles. The Hall–Kier alpha value is -1.90. The van der Waals surface area contributed by atoms with Crippen LogP contribution in [0, 0.1) is 5.82 Å². The number of rotatable bonds is 5. The predicted octanol–water partition coefficient (Wildman–Crippen LogP) is 3.20. The Balaban J connectivity index is 0.00000192. The maximum atomic E-state index is 13.2. The molecule has 0 aliphatic heterocycles. The number of nitrogens with zero attached hydrogens (tertiary/aromatic N) is 2. The van der Waals surface area contributed by atoms with Crippen LogP contribution in [0.3, 0.4) is 0 Å². The summed E-state index contributed by atoms with van der Waals surface area (Å²) < 4.78 is 18.8. The minimum Gasteiger partial charge on any atom is -0.439 e. The van der Waals surface area contributed by atoms with Gasteiger partial charge in [0.15, 0.2) is 5.96 Å². The highest BCUT2D eigenvalue weighted by atomic mass is 127. The van der Waals surface area contributed by atoms with Gasteiger partial charge in [-0.05, 0) is 31.0 Å². The lowest BCUT2D eigenvalue weighted by atomic mass is 10.2. The van der Waals surface area contributed by atoms with Gasteiger partial charge in [0.2, 0.25) is 5.88 Å². The first kappa shape index (κ1) is 17.5. The molecule has 1 aliphatic carbocycles. The largest absolute Gasteiger partial charge is 0.439 e.